The fraction of sp³-hybridized carbons (Fsp3) is 0.294. The molecule has 0 aliphatic carbocycles. The molecule has 19 heavy (non-hydrogen) atoms. The van der Waals surface area contributed by atoms with Crippen LogP contribution in [0.2, 0.25) is 0 Å². The first kappa shape index (κ1) is 13.5. The van der Waals surface area contributed by atoms with E-state index in [4.69, 9.17) is 0 Å². The van der Waals surface area contributed by atoms with E-state index in [9.17, 15) is 9.59 Å². The topological polar surface area (TPSA) is 34.1 Å². The number of Topliss-reactive ketones (excluding diaryl/α,β-unsaturated/α-hetero) is 2. The van der Waals surface area contributed by atoms with E-state index in [0.717, 1.165) is 21.9 Å². The van der Waals surface area contributed by atoms with Crippen LogP contribution in [0, 0.1) is 6.92 Å². The van der Waals surface area contributed by atoms with Crippen molar-refractivity contribution in [2.75, 3.05) is 0 Å². The summed E-state index contributed by atoms with van der Waals surface area (Å²) >= 11 is 0. The minimum atomic E-state index is 0.109. The van der Waals surface area contributed by atoms with Crippen molar-refractivity contribution in [3.05, 3.63) is 47.0 Å². The Balaban J connectivity index is 2.71. The van der Waals surface area contributed by atoms with Gasteiger partial charge in [-0.3, -0.25) is 9.59 Å². The lowest BCUT2D eigenvalue weighted by atomic mass is 9.95. The van der Waals surface area contributed by atoms with Gasteiger partial charge in [-0.25, -0.2) is 0 Å². The van der Waals surface area contributed by atoms with Crippen LogP contribution in [0.25, 0.3) is 10.8 Å². The van der Waals surface area contributed by atoms with E-state index in [1.807, 2.05) is 51.1 Å². The smallest absolute Gasteiger partial charge is 0.163 e. The van der Waals surface area contributed by atoms with Gasteiger partial charge in [0.15, 0.2) is 11.6 Å². The van der Waals surface area contributed by atoms with Gasteiger partial charge < -0.3 is 0 Å². The van der Waals surface area contributed by atoms with Gasteiger partial charge in [-0.2, -0.15) is 0 Å². The second-order valence-electron chi connectivity index (χ2n) is 4.80. The average Bonchev–Trinajstić information content (AvgIpc) is 2.44. The van der Waals surface area contributed by atoms with Crippen LogP contribution >= 0.6 is 0 Å². The van der Waals surface area contributed by atoms with E-state index in [2.05, 4.69) is 0 Å². The summed E-state index contributed by atoms with van der Waals surface area (Å²) in [5.74, 6) is 0.229. The standard InChI is InChI=1S/C17H18O2/c1-4-16(18)13-7-6-12-8-11(3)9-15(14(12)10-13)17(19)5-2/h6-10H,4-5H2,1-3H3. The maximum atomic E-state index is 12.0. The number of benzene rings is 2. The molecule has 0 atom stereocenters. The number of rotatable bonds is 4. The van der Waals surface area contributed by atoms with Gasteiger partial charge in [0.2, 0.25) is 0 Å². The van der Waals surface area contributed by atoms with Gasteiger partial charge in [-0.15, -0.1) is 0 Å². The summed E-state index contributed by atoms with van der Waals surface area (Å²) in [4.78, 5) is 23.8. The molecule has 0 spiro atoms. The van der Waals surface area contributed by atoms with Crippen LogP contribution in [-0.4, -0.2) is 11.6 Å². The van der Waals surface area contributed by atoms with Crippen LogP contribution in [0.1, 0.15) is 53.0 Å². The third-order valence-electron chi connectivity index (χ3n) is 3.36. The molecule has 0 N–H and O–H groups in total. The Morgan fingerprint density at radius 3 is 2.26 bits per heavy atom. The highest BCUT2D eigenvalue weighted by Crippen LogP contribution is 2.24. The fourth-order valence-corrected chi connectivity index (χ4v) is 2.31. The predicted molar refractivity (Wildman–Crippen MR) is 77.9 cm³/mol. The third kappa shape index (κ3) is 2.58. The van der Waals surface area contributed by atoms with Gasteiger partial charge >= 0.3 is 0 Å². The van der Waals surface area contributed by atoms with Crippen LogP contribution in [0.4, 0.5) is 0 Å². The van der Waals surface area contributed by atoms with Crippen molar-refractivity contribution in [1.82, 2.24) is 0 Å². The van der Waals surface area contributed by atoms with E-state index < -0.39 is 0 Å². The highest BCUT2D eigenvalue weighted by Gasteiger charge is 2.11. The van der Waals surface area contributed by atoms with Crippen molar-refractivity contribution in [3.8, 4) is 0 Å². The van der Waals surface area contributed by atoms with Gasteiger partial charge in [0.05, 0.1) is 0 Å². The molecule has 0 saturated carbocycles. The summed E-state index contributed by atoms with van der Waals surface area (Å²) < 4.78 is 0. The molecule has 2 aromatic rings. The molecule has 0 amide bonds. The van der Waals surface area contributed by atoms with Crippen molar-refractivity contribution in [2.45, 2.75) is 33.6 Å². The van der Waals surface area contributed by atoms with E-state index >= 15 is 0 Å². The highest BCUT2D eigenvalue weighted by molar-refractivity contribution is 6.10. The number of aryl methyl sites for hydroxylation is 1. The van der Waals surface area contributed by atoms with Crippen LogP contribution in [0.3, 0.4) is 0 Å². The van der Waals surface area contributed by atoms with E-state index in [0.29, 0.717) is 18.4 Å². The first-order valence-corrected chi connectivity index (χ1v) is 6.67. The molecule has 2 nitrogen and oxygen atoms in total. The molecule has 2 heteroatoms. The van der Waals surface area contributed by atoms with Crippen LogP contribution in [0.5, 0.6) is 0 Å². The highest BCUT2D eigenvalue weighted by atomic mass is 16.1. The Morgan fingerprint density at radius 1 is 0.947 bits per heavy atom. The molecule has 0 unspecified atom stereocenters. The van der Waals surface area contributed by atoms with Gasteiger partial charge in [0.25, 0.3) is 0 Å². The van der Waals surface area contributed by atoms with Crippen molar-refractivity contribution in [3.63, 3.8) is 0 Å². The van der Waals surface area contributed by atoms with Crippen LogP contribution in [0.15, 0.2) is 30.3 Å². The summed E-state index contributed by atoms with van der Waals surface area (Å²) in [5, 5.41) is 1.90. The Bertz CT molecular complexity index is 654. The Hall–Kier alpha value is -1.96. The lowest BCUT2D eigenvalue weighted by Crippen LogP contribution is -2.01. The first-order valence-electron chi connectivity index (χ1n) is 6.67. The zero-order valence-corrected chi connectivity index (χ0v) is 11.6. The van der Waals surface area contributed by atoms with Gasteiger partial charge in [0, 0.05) is 24.0 Å². The number of ketones is 2. The molecule has 0 heterocycles. The zero-order valence-electron chi connectivity index (χ0n) is 11.6. The minimum Gasteiger partial charge on any atom is -0.294 e. The number of carbonyl (C=O) groups excluding carboxylic acids is 2. The summed E-state index contributed by atoms with van der Waals surface area (Å²) in [7, 11) is 0. The second-order valence-corrected chi connectivity index (χ2v) is 4.80. The van der Waals surface area contributed by atoms with Crippen molar-refractivity contribution >= 4 is 22.3 Å². The first-order chi connectivity index (χ1) is 9.06. The van der Waals surface area contributed by atoms with Crippen molar-refractivity contribution in [2.24, 2.45) is 0 Å². The molecular formula is C17H18O2. The van der Waals surface area contributed by atoms with Crippen LogP contribution < -0.4 is 0 Å². The van der Waals surface area contributed by atoms with E-state index in [1.165, 1.54) is 0 Å². The van der Waals surface area contributed by atoms with E-state index in [1.54, 1.807) is 0 Å². The summed E-state index contributed by atoms with van der Waals surface area (Å²) in [6.07, 6.45) is 0.957. The summed E-state index contributed by atoms with van der Waals surface area (Å²) in [6.45, 7) is 5.69. The van der Waals surface area contributed by atoms with E-state index in [-0.39, 0.29) is 11.6 Å². The minimum absolute atomic E-state index is 0.109. The molecule has 0 radical (unpaired) electrons. The maximum Gasteiger partial charge on any atom is 0.163 e. The zero-order chi connectivity index (χ0) is 14.0. The number of fused-ring (bicyclic) bond motifs is 1. The van der Waals surface area contributed by atoms with Gasteiger partial charge in [-0.05, 0) is 35.4 Å². The normalized spacial score (nSPS) is 10.7. The quantitative estimate of drug-likeness (QED) is 0.761. The summed E-state index contributed by atoms with van der Waals surface area (Å²) in [5.41, 5.74) is 2.48. The molecule has 2 rings (SSSR count). The van der Waals surface area contributed by atoms with Crippen LogP contribution in [-0.2, 0) is 0 Å². The summed E-state index contributed by atoms with van der Waals surface area (Å²) in [6, 6.07) is 9.57. The average molecular weight is 254 g/mol. The largest absolute Gasteiger partial charge is 0.294 e. The predicted octanol–water partition coefficient (Wildman–Crippen LogP) is 4.33. The molecule has 0 aliphatic rings. The Kier molecular flexibility index (Phi) is 3.79. The maximum absolute atomic E-state index is 12.0. The number of hydrogen-bond acceptors (Lipinski definition) is 2. The number of hydrogen-bond donors (Lipinski definition) is 0. The monoisotopic (exact) mass is 254 g/mol. The molecule has 98 valence electrons. The molecule has 0 bridgehead atoms. The molecular weight excluding hydrogens is 236 g/mol. The molecule has 0 fully saturated rings. The van der Waals surface area contributed by atoms with Gasteiger partial charge in [-0.1, -0.05) is 32.0 Å². The lowest BCUT2D eigenvalue weighted by Gasteiger charge is -2.08. The Labute approximate surface area is 113 Å². The molecule has 0 aliphatic heterocycles. The fourth-order valence-electron chi connectivity index (χ4n) is 2.31. The molecule has 0 aromatic heterocycles. The molecule has 2 aromatic carbocycles. The lowest BCUT2D eigenvalue weighted by molar-refractivity contribution is 0.0979. The van der Waals surface area contributed by atoms with Crippen molar-refractivity contribution in [1.29, 1.82) is 0 Å². The van der Waals surface area contributed by atoms with Gasteiger partial charge in [0.1, 0.15) is 0 Å². The second kappa shape index (κ2) is 5.35. The Morgan fingerprint density at radius 2 is 1.63 bits per heavy atom. The van der Waals surface area contributed by atoms with Crippen molar-refractivity contribution < 1.29 is 9.59 Å². The SMILES string of the molecule is CCC(=O)c1ccc2cc(C)cc(C(=O)CC)c2c1. The number of carbonyl (C=O) groups is 2. The third-order valence-corrected chi connectivity index (χ3v) is 3.36. The molecule has 0 saturated heterocycles.